The molecule has 0 aliphatic carbocycles. The fourth-order valence-corrected chi connectivity index (χ4v) is 2.79. The molecule has 0 saturated carbocycles. The number of nitrogens with zero attached hydrogens (tertiary/aromatic N) is 2. The van der Waals surface area contributed by atoms with Gasteiger partial charge in [0.2, 0.25) is 0 Å². The predicted molar refractivity (Wildman–Crippen MR) is 81.5 cm³/mol. The van der Waals surface area contributed by atoms with Crippen molar-refractivity contribution >= 4 is 17.7 Å². The fourth-order valence-electron chi connectivity index (χ4n) is 2.79. The quantitative estimate of drug-likeness (QED) is 0.931. The molecule has 1 aliphatic heterocycles. The van der Waals surface area contributed by atoms with Crippen LogP contribution in [0.5, 0.6) is 0 Å². The van der Waals surface area contributed by atoms with Gasteiger partial charge in [0, 0.05) is 18.8 Å². The average molecular weight is 290 g/mol. The van der Waals surface area contributed by atoms with Gasteiger partial charge in [-0.05, 0) is 31.9 Å². The van der Waals surface area contributed by atoms with E-state index in [1.165, 1.54) is 4.90 Å². The second-order valence-electron chi connectivity index (χ2n) is 5.26. The number of carbonyl (C=O) groups excluding carboxylic acids is 1. The number of anilines is 1. The Morgan fingerprint density at radius 1 is 1.24 bits per heavy atom. The second kappa shape index (κ2) is 7.11. The molecule has 1 aromatic carbocycles. The van der Waals surface area contributed by atoms with Crippen molar-refractivity contribution in [1.82, 2.24) is 4.90 Å². The molecule has 0 spiro atoms. The number of para-hydroxylation sites is 1. The third-order valence-corrected chi connectivity index (χ3v) is 3.90. The zero-order valence-electron chi connectivity index (χ0n) is 12.4. The van der Waals surface area contributed by atoms with Crippen molar-refractivity contribution in [2.24, 2.45) is 0 Å². The number of aliphatic carboxylic acids is 1. The third kappa shape index (κ3) is 3.54. The van der Waals surface area contributed by atoms with E-state index < -0.39 is 12.0 Å². The molecule has 2 rings (SSSR count). The average Bonchev–Trinajstić information content (AvgIpc) is 2.74. The maximum atomic E-state index is 12.8. The summed E-state index contributed by atoms with van der Waals surface area (Å²) in [7, 11) is 0. The van der Waals surface area contributed by atoms with Crippen molar-refractivity contribution in [1.29, 1.82) is 0 Å². The number of carboxylic acids is 1. The first-order chi connectivity index (χ1) is 10.1. The SMILES string of the molecule is CCN(C(=O)N1CCCCCC1C(=O)O)c1ccccc1. The minimum Gasteiger partial charge on any atom is -0.480 e. The highest BCUT2D eigenvalue weighted by Crippen LogP contribution is 2.22. The highest BCUT2D eigenvalue weighted by Gasteiger charge is 2.33. The molecule has 0 radical (unpaired) electrons. The Kier molecular flexibility index (Phi) is 5.20. The number of urea groups is 1. The summed E-state index contributed by atoms with van der Waals surface area (Å²) in [6, 6.07) is 8.47. The Balaban J connectivity index is 2.24. The van der Waals surface area contributed by atoms with Gasteiger partial charge < -0.3 is 10.0 Å². The maximum Gasteiger partial charge on any atom is 0.326 e. The van der Waals surface area contributed by atoms with Gasteiger partial charge in [0.1, 0.15) is 6.04 Å². The van der Waals surface area contributed by atoms with Crippen LogP contribution in [0.1, 0.15) is 32.6 Å². The molecule has 0 bridgehead atoms. The smallest absolute Gasteiger partial charge is 0.326 e. The van der Waals surface area contributed by atoms with Crippen molar-refractivity contribution in [3.8, 4) is 0 Å². The summed E-state index contributed by atoms with van der Waals surface area (Å²) < 4.78 is 0. The molecule has 1 N–H and O–H groups in total. The van der Waals surface area contributed by atoms with Gasteiger partial charge in [-0.1, -0.05) is 31.0 Å². The molecule has 1 aliphatic rings. The number of likely N-dealkylation sites (tertiary alicyclic amines) is 1. The summed E-state index contributed by atoms with van der Waals surface area (Å²) in [4.78, 5) is 27.4. The van der Waals surface area contributed by atoms with Crippen molar-refractivity contribution in [2.45, 2.75) is 38.6 Å². The Hall–Kier alpha value is -2.04. The van der Waals surface area contributed by atoms with Gasteiger partial charge in [-0.2, -0.15) is 0 Å². The van der Waals surface area contributed by atoms with Crippen LogP contribution in [0.15, 0.2) is 30.3 Å². The van der Waals surface area contributed by atoms with Gasteiger partial charge in [0.05, 0.1) is 0 Å². The minimum absolute atomic E-state index is 0.210. The van der Waals surface area contributed by atoms with E-state index in [4.69, 9.17) is 0 Å². The monoisotopic (exact) mass is 290 g/mol. The Labute approximate surface area is 125 Å². The van der Waals surface area contributed by atoms with Gasteiger partial charge in [0.15, 0.2) is 0 Å². The lowest BCUT2D eigenvalue weighted by atomic mass is 10.1. The van der Waals surface area contributed by atoms with Gasteiger partial charge >= 0.3 is 12.0 Å². The lowest BCUT2D eigenvalue weighted by Crippen LogP contribution is -2.51. The number of carboxylic acid groups (broad SMARTS) is 1. The van der Waals surface area contributed by atoms with Crippen molar-refractivity contribution < 1.29 is 14.7 Å². The summed E-state index contributed by atoms with van der Waals surface area (Å²) >= 11 is 0. The fraction of sp³-hybridized carbons (Fsp3) is 0.500. The largest absolute Gasteiger partial charge is 0.480 e. The van der Waals surface area contributed by atoms with Crippen molar-refractivity contribution in [3.63, 3.8) is 0 Å². The van der Waals surface area contributed by atoms with Gasteiger partial charge in [0.25, 0.3) is 0 Å². The van der Waals surface area contributed by atoms with Gasteiger partial charge in [-0.25, -0.2) is 9.59 Å². The number of amides is 2. The zero-order chi connectivity index (χ0) is 15.2. The van der Waals surface area contributed by atoms with Gasteiger partial charge in [-0.15, -0.1) is 0 Å². The normalized spacial score (nSPS) is 18.9. The first-order valence-corrected chi connectivity index (χ1v) is 7.51. The molecule has 1 aromatic rings. The number of hydrogen-bond donors (Lipinski definition) is 1. The molecule has 1 atom stereocenters. The molecule has 1 heterocycles. The van der Waals surface area contributed by atoms with E-state index in [0.717, 1.165) is 24.9 Å². The topological polar surface area (TPSA) is 60.9 Å². The summed E-state index contributed by atoms with van der Waals surface area (Å²) in [6.45, 7) is 2.93. The molecule has 0 aromatic heterocycles. The van der Waals surface area contributed by atoms with E-state index in [1.807, 2.05) is 37.3 Å². The summed E-state index contributed by atoms with van der Waals surface area (Å²) in [5, 5.41) is 9.40. The van der Waals surface area contributed by atoms with E-state index in [-0.39, 0.29) is 6.03 Å². The molecular formula is C16H22N2O3. The molecule has 1 fully saturated rings. The van der Waals surface area contributed by atoms with Crippen LogP contribution < -0.4 is 4.90 Å². The van der Waals surface area contributed by atoms with E-state index in [1.54, 1.807) is 4.90 Å². The van der Waals surface area contributed by atoms with Crippen LogP contribution in [-0.2, 0) is 4.79 Å². The van der Waals surface area contributed by atoms with E-state index >= 15 is 0 Å². The van der Waals surface area contributed by atoms with E-state index in [2.05, 4.69) is 0 Å². The van der Waals surface area contributed by atoms with Crippen LogP contribution in [0.2, 0.25) is 0 Å². The van der Waals surface area contributed by atoms with E-state index in [0.29, 0.717) is 19.5 Å². The minimum atomic E-state index is -0.908. The standard InChI is InChI=1S/C16H22N2O3/c1-2-17(13-9-5-3-6-10-13)16(21)18-12-8-4-7-11-14(18)15(19)20/h3,5-6,9-10,14H,2,4,7-8,11-12H2,1H3,(H,19,20). The molecule has 21 heavy (non-hydrogen) atoms. The molecule has 1 unspecified atom stereocenters. The lowest BCUT2D eigenvalue weighted by molar-refractivity contribution is -0.142. The third-order valence-electron chi connectivity index (χ3n) is 3.90. The van der Waals surface area contributed by atoms with Crippen molar-refractivity contribution in [3.05, 3.63) is 30.3 Å². The Morgan fingerprint density at radius 2 is 1.95 bits per heavy atom. The lowest BCUT2D eigenvalue weighted by Gasteiger charge is -2.32. The predicted octanol–water partition coefficient (Wildman–Crippen LogP) is 2.96. The first kappa shape index (κ1) is 15.4. The molecule has 5 nitrogen and oxygen atoms in total. The van der Waals surface area contributed by atoms with Crippen LogP contribution in [0.25, 0.3) is 0 Å². The summed E-state index contributed by atoms with van der Waals surface area (Å²) in [6.07, 6.45) is 3.23. The van der Waals surface area contributed by atoms with Crippen LogP contribution in [0.4, 0.5) is 10.5 Å². The second-order valence-corrected chi connectivity index (χ2v) is 5.26. The van der Waals surface area contributed by atoms with Crippen LogP contribution in [0, 0.1) is 0 Å². The van der Waals surface area contributed by atoms with Crippen LogP contribution in [0.3, 0.4) is 0 Å². The highest BCUT2D eigenvalue weighted by molar-refractivity contribution is 5.94. The zero-order valence-corrected chi connectivity index (χ0v) is 12.4. The Bertz CT molecular complexity index is 490. The molecule has 1 saturated heterocycles. The summed E-state index contributed by atoms with van der Waals surface area (Å²) in [5.74, 6) is -0.908. The molecule has 114 valence electrons. The number of benzene rings is 1. The Morgan fingerprint density at radius 3 is 2.57 bits per heavy atom. The molecular weight excluding hydrogens is 268 g/mol. The van der Waals surface area contributed by atoms with Crippen LogP contribution in [-0.4, -0.2) is 41.1 Å². The van der Waals surface area contributed by atoms with Gasteiger partial charge in [-0.3, -0.25) is 4.90 Å². The molecule has 5 heteroatoms. The first-order valence-electron chi connectivity index (χ1n) is 7.51. The molecule has 2 amide bonds. The van der Waals surface area contributed by atoms with Crippen LogP contribution >= 0.6 is 0 Å². The highest BCUT2D eigenvalue weighted by atomic mass is 16.4. The van der Waals surface area contributed by atoms with Crippen molar-refractivity contribution in [2.75, 3.05) is 18.0 Å². The number of carbonyl (C=O) groups is 2. The maximum absolute atomic E-state index is 12.8. The van der Waals surface area contributed by atoms with E-state index in [9.17, 15) is 14.7 Å². The number of rotatable bonds is 3. The summed E-state index contributed by atoms with van der Waals surface area (Å²) in [5.41, 5.74) is 0.804. The number of hydrogen-bond acceptors (Lipinski definition) is 2.